The van der Waals surface area contributed by atoms with E-state index in [9.17, 15) is 14.7 Å². The van der Waals surface area contributed by atoms with E-state index in [4.69, 9.17) is 5.11 Å². The molecule has 0 saturated carbocycles. The second-order valence-corrected chi connectivity index (χ2v) is 7.04. The molecule has 2 atom stereocenters. The molecule has 0 amide bonds. The SMILES string of the molecule is CCCCCCCCCCCC[N+]1(CC(=O)O)CCC1C(=O)O. The predicted molar refractivity (Wildman–Crippen MR) is 90.4 cm³/mol. The Bertz CT molecular complexity index is 372. The number of rotatable bonds is 14. The molecular weight excluding hydrogens is 294 g/mol. The van der Waals surface area contributed by atoms with Crippen molar-refractivity contribution in [2.24, 2.45) is 0 Å². The first-order chi connectivity index (χ1) is 11.0. The Morgan fingerprint density at radius 2 is 1.43 bits per heavy atom. The molecule has 5 nitrogen and oxygen atoms in total. The van der Waals surface area contributed by atoms with E-state index in [1.165, 1.54) is 51.4 Å². The highest BCUT2D eigenvalue weighted by atomic mass is 16.4. The lowest BCUT2D eigenvalue weighted by atomic mass is 9.95. The van der Waals surface area contributed by atoms with Crippen molar-refractivity contribution in [1.29, 1.82) is 0 Å². The molecule has 1 aliphatic heterocycles. The van der Waals surface area contributed by atoms with Crippen molar-refractivity contribution < 1.29 is 24.3 Å². The fraction of sp³-hybridized carbons (Fsp3) is 0.889. The third-order valence-electron chi connectivity index (χ3n) is 5.20. The van der Waals surface area contributed by atoms with Crippen LogP contribution in [0.15, 0.2) is 0 Å². The Kier molecular flexibility index (Phi) is 9.22. The van der Waals surface area contributed by atoms with Gasteiger partial charge >= 0.3 is 11.9 Å². The first-order valence-corrected chi connectivity index (χ1v) is 9.32. The van der Waals surface area contributed by atoms with Crippen LogP contribution in [-0.4, -0.2) is 52.3 Å². The van der Waals surface area contributed by atoms with E-state index < -0.39 is 18.0 Å². The van der Waals surface area contributed by atoms with Crippen LogP contribution >= 0.6 is 0 Å². The summed E-state index contributed by atoms with van der Waals surface area (Å²) < 4.78 is 0.252. The highest BCUT2D eigenvalue weighted by Gasteiger charge is 2.51. The van der Waals surface area contributed by atoms with Gasteiger partial charge in [-0.05, 0) is 12.8 Å². The van der Waals surface area contributed by atoms with Gasteiger partial charge in [0.1, 0.15) is 0 Å². The summed E-state index contributed by atoms with van der Waals surface area (Å²) in [6, 6.07) is -0.510. The number of aliphatic carboxylic acids is 2. The van der Waals surface area contributed by atoms with Gasteiger partial charge in [-0.2, -0.15) is 0 Å². The van der Waals surface area contributed by atoms with Crippen molar-refractivity contribution in [3.63, 3.8) is 0 Å². The summed E-state index contributed by atoms with van der Waals surface area (Å²) >= 11 is 0. The first-order valence-electron chi connectivity index (χ1n) is 9.32. The fourth-order valence-electron chi connectivity index (χ4n) is 3.70. The topological polar surface area (TPSA) is 74.6 Å². The Morgan fingerprint density at radius 3 is 1.83 bits per heavy atom. The molecule has 1 heterocycles. The molecule has 0 aromatic heterocycles. The Labute approximate surface area is 140 Å². The van der Waals surface area contributed by atoms with E-state index in [-0.39, 0.29) is 11.0 Å². The molecule has 2 unspecified atom stereocenters. The summed E-state index contributed by atoms with van der Waals surface area (Å²) in [7, 11) is 0. The average molecular weight is 328 g/mol. The maximum Gasteiger partial charge on any atom is 0.362 e. The molecule has 134 valence electrons. The van der Waals surface area contributed by atoms with Crippen LogP contribution in [0, 0.1) is 0 Å². The number of hydrogen-bond acceptors (Lipinski definition) is 2. The van der Waals surface area contributed by atoms with Gasteiger partial charge in [0.25, 0.3) is 0 Å². The molecule has 0 spiro atoms. The lowest BCUT2D eigenvalue weighted by Crippen LogP contribution is -2.69. The van der Waals surface area contributed by atoms with Crippen LogP contribution in [0.25, 0.3) is 0 Å². The third kappa shape index (κ3) is 6.90. The number of nitrogens with zero attached hydrogens (tertiary/aromatic N) is 1. The molecule has 1 fully saturated rings. The lowest BCUT2D eigenvalue weighted by molar-refractivity contribution is -0.974. The number of carbonyl (C=O) groups is 2. The average Bonchev–Trinajstić information content (AvgIpc) is 2.45. The largest absolute Gasteiger partial charge is 0.477 e. The Morgan fingerprint density at radius 1 is 0.913 bits per heavy atom. The number of quaternary nitrogens is 1. The van der Waals surface area contributed by atoms with Gasteiger partial charge in [-0.15, -0.1) is 0 Å². The van der Waals surface area contributed by atoms with Gasteiger partial charge in [0, 0.05) is 0 Å². The number of carboxylic acid groups (broad SMARTS) is 2. The zero-order chi connectivity index (χ0) is 17.1. The number of likely N-dealkylation sites (tertiary alicyclic amines) is 1. The van der Waals surface area contributed by atoms with Crippen molar-refractivity contribution in [2.45, 2.75) is 83.6 Å². The van der Waals surface area contributed by atoms with Crippen molar-refractivity contribution >= 4 is 11.9 Å². The minimum Gasteiger partial charge on any atom is -0.477 e. The zero-order valence-electron chi connectivity index (χ0n) is 14.6. The number of unbranched alkanes of at least 4 members (excludes halogenated alkanes) is 9. The second kappa shape index (κ2) is 10.6. The quantitative estimate of drug-likeness (QED) is 0.377. The van der Waals surface area contributed by atoms with Crippen LogP contribution < -0.4 is 0 Å². The van der Waals surface area contributed by atoms with Gasteiger partial charge in [0.15, 0.2) is 12.6 Å². The first kappa shape index (κ1) is 19.9. The fourth-order valence-corrected chi connectivity index (χ4v) is 3.70. The highest BCUT2D eigenvalue weighted by molar-refractivity contribution is 5.74. The van der Waals surface area contributed by atoms with Crippen molar-refractivity contribution in [3.8, 4) is 0 Å². The van der Waals surface area contributed by atoms with Crippen LogP contribution in [0.2, 0.25) is 0 Å². The van der Waals surface area contributed by atoms with Crippen LogP contribution in [0.3, 0.4) is 0 Å². The van der Waals surface area contributed by atoms with Gasteiger partial charge in [-0.3, -0.25) is 0 Å². The van der Waals surface area contributed by atoms with E-state index in [2.05, 4.69) is 6.92 Å². The molecule has 5 heteroatoms. The van der Waals surface area contributed by atoms with Crippen LogP contribution in [-0.2, 0) is 9.59 Å². The third-order valence-corrected chi connectivity index (χ3v) is 5.20. The van der Waals surface area contributed by atoms with E-state index in [1.54, 1.807) is 0 Å². The van der Waals surface area contributed by atoms with Crippen LogP contribution in [0.4, 0.5) is 0 Å². The monoisotopic (exact) mass is 328 g/mol. The molecule has 1 aliphatic rings. The van der Waals surface area contributed by atoms with Gasteiger partial charge in [0.05, 0.1) is 19.5 Å². The van der Waals surface area contributed by atoms with Crippen LogP contribution in [0.5, 0.6) is 0 Å². The molecule has 1 saturated heterocycles. The highest BCUT2D eigenvalue weighted by Crippen LogP contribution is 2.30. The second-order valence-electron chi connectivity index (χ2n) is 7.04. The standard InChI is InChI=1S/C18H33NO4/c1-2-3-4-5-6-7-8-9-10-11-13-19(15-17(20)21)14-12-16(19)18(22)23/h16H,2-15H2,1H3,(H-,20,21,22,23)/p+1. The van der Waals surface area contributed by atoms with Gasteiger partial charge in [0.2, 0.25) is 0 Å². The molecule has 0 bridgehead atoms. The molecule has 2 N–H and O–H groups in total. The molecule has 23 heavy (non-hydrogen) atoms. The summed E-state index contributed by atoms with van der Waals surface area (Å²) in [6.45, 7) is 3.57. The maximum atomic E-state index is 11.3. The van der Waals surface area contributed by atoms with E-state index in [0.717, 1.165) is 12.8 Å². The summed E-state index contributed by atoms with van der Waals surface area (Å²) in [5.74, 6) is -1.73. The molecule has 0 aliphatic carbocycles. The summed E-state index contributed by atoms with van der Waals surface area (Å²) in [6.07, 6.45) is 13.0. The van der Waals surface area contributed by atoms with E-state index >= 15 is 0 Å². The molecule has 1 rings (SSSR count). The lowest BCUT2D eigenvalue weighted by Gasteiger charge is -2.49. The van der Waals surface area contributed by atoms with Gasteiger partial charge in [-0.1, -0.05) is 58.3 Å². The Balaban J connectivity index is 2.14. The molecule has 0 aromatic rings. The summed E-state index contributed by atoms with van der Waals surface area (Å²) in [4.78, 5) is 22.3. The zero-order valence-corrected chi connectivity index (χ0v) is 14.6. The van der Waals surface area contributed by atoms with Crippen molar-refractivity contribution in [3.05, 3.63) is 0 Å². The summed E-state index contributed by atoms with van der Waals surface area (Å²) in [5, 5.41) is 18.3. The number of hydrogen-bond donors (Lipinski definition) is 2. The Hall–Kier alpha value is -1.10. The molecular formula is C18H34NO4+. The van der Waals surface area contributed by atoms with E-state index in [1.807, 2.05) is 0 Å². The molecule has 0 radical (unpaired) electrons. The molecule has 0 aromatic carbocycles. The van der Waals surface area contributed by atoms with Crippen LogP contribution in [0.1, 0.15) is 77.6 Å². The minimum atomic E-state index is -0.886. The summed E-state index contributed by atoms with van der Waals surface area (Å²) in [5.41, 5.74) is 0. The normalized spacial score (nSPS) is 23.4. The van der Waals surface area contributed by atoms with Gasteiger partial charge in [-0.25, -0.2) is 9.59 Å². The minimum absolute atomic E-state index is 0.0472. The number of carboxylic acids is 2. The van der Waals surface area contributed by atoms with E-state index in [0.29, 0.717) is 19.5 Å². The predicted octanol–water partition coefficient (Wildman–Crippen LogP) is 3.67. The van der Waals surface area contributed by atoms with Gasteiger partial charge < -0.3 is 14.7 Å². The maximum absolute atomic E-state index is 11.3. The smallest absolute Gasteiger partial charge is 0.362 e. The van der Waals surface area contributed by atoms with Crippen molar-refractivity contribution in [1.82, 2.24) is 0 Å². The van der Waals surface area contributed by atoms with Crippen molar-refractivity contribution in [2.75, 3.05) is 19.6 Å².